The van der Waals surface area contributed by atoms with Crippen molar-refractivity contribution in [1.29, 1.82) is 0 Å². The molecule has 3 nitrogen and oxygen atoms in total. The molecule has 0 atom stereocenters. The van der Waals surface area contributed by atoms with E-state index in [4.69, 9.17) is 12.2 Å². The van der Waals surface area contributed by atoms with Crippen LogP contribution >= 0.6 is 12.2 Å². The van der Waals surface area contributed by atoms with Crippen molar-refractivity contribution < 1.29 is 0 Å². The fraction of sp³-hybridized carbons (Fsp3) is 0.300. The molecule has 0 radical (unpaired) electrons. The van der Waals surface area contributed by atoms with Gasteiger partial charge in [0.05, 0.1) is 5.71 Å². The van der Waals surface area contributed by atoms with Gasteiger partial charge in [0.25, 0.3) is 0 Å². The van der Waals surface area contributed by atoms with Crippen molar-refractivity contribution in [3.63, 3.8) is 0 Å². The quantitative estimate of drug-likeness (QED) is 0.460. The molecule has 24 heavy (non-hydrogen) atoms. The molecule has 0 saturated carbocycles. The lowest BCUT2D eigenvalue weighted by atomic mass is 10.0. The third-order valence-electron chi connectivity index (χ3n) is 4.09. The molecule has 2 N–H and O–H groups in total. The molecule has 0 unspecified atom stereocenters. The van der Waals surface area contributed by atoms with Gasteiger partial charge in [0.15, 0.2) is 5.11 Å². The van der Waals surface area contributed by atoms with E-state index in [0.717, 1.165) is 17.0 Å². The third kappa shape index (κ3) is 4.90. The Hall–Kier alpha value is -2.20. The average molecular weight is 340 g/mol. The van der Waals surface area contributed by atoms with Crippen molar-refractivity contribution in [2.24, 2.45) is 5.10 Å². The molecule has 0 aromatic heterocycles. The number of hydrazone groups is 1. The van der Waals surface area contributed by atoms with E-state index >= 15 is 0 Å². The number of hydrogen-bond acceptors (Lipinski definition) is 2. The number of nitrogens with one attached hydrogen (secondary N) is 2. The molecule has 0 spiro atoms. The Balaban J connectivity index is 1.97. The monoisotopic (exact) mass is 339 g/mol. The lowest BCUT2D eigenvalue weighted by molar-refractivity contribution is 0.867. The van der Waals surface area contributed by atoms with Gasteiger partial charge in [-0.2, -0.15) is 5.10 Å². The first-order valence-electron chi connectivity index (χ1n) is 8.15. The maximum Gasteiger partial charge on any atom is 0.191 e. The van der Waals surface area contributed by atoms with Crippen LogP contribution in [-0.2, 0) is 0 Å². The number of thiocarbonyl (C=S) groups is 1. The zero-order valence-electron chi connectivity index (χ0n) is 15.0. The van der Waals surface area contributed by atoms with E-state index in [0.29, 0.717) is 11.0 Å². The molecule has 0 amide bonds. The van der Waals surface area contributed by atoms with Crippen molar-refractivity contribution >= 4 is 28.7 Å². The highest BCUT2D eigenvalue weighted by molar-refractivity contribution is 7.80. The SMILES string of the molecule is C/C(=N/NC(=S)Nc1ccc(C(C)C)cc1)c1ccc(C)c(C)c1. The zero-order chi connectivity index (χ0) is 17.7. The molecular weight excluding hydrogens is 314 g/mol. The van der Waals surface area contributed by atoms with Crippen LogP contribution in [-0.4, -0.2) is 10.8 Å². The minimum Gasteiger partial charge on any atom is -0.331 e. The average Bonchev–Trinajstić information content (AvgIpc) is 2.55. The highest BCUT2D eigenvalue weighted by Crippen LogP contribution is 2.17. The summed E-state index contributed by atoms with van der Waals surface area (Å²) in [6, 6.07) is 14.6. The van der Waals surface area contributed by atoms with E-state index < -0.39 is 0 Å². The van der Waals surface area contributed by atoms with Gasteiger partial charge in [-0.3, -0.25) is 5.43 Å². The normalized spacial score (nSPS) is 11.5. The second kappa shape index (κ2) is 8.06. The largest absolute Gasteiger partial charge is 0.331 e. The van der Waals surface area contributed by atoms with E-state index in [-0.39, 0.29) is 0 Å². The first-order valence-corrected chi connectivity index (χ1v) is 8.56. The van der Waals surface area contributed by atoms with Crippen LogP contribution in [0.3, 0.4) is 0 Å². The predicted molar refractivity (Wildman–Crippen MR) is 108 cm³/mol. The molecule has 0 saturated heterocycles. The number of benzene rings is 2. The van der Waals surface area contributed by atoms with E-state index in [1.54, 1.807) is 0 Å². The van der Waals surface area contributed by atoms with Gasteiger partial charge in [-0.1, -0.05) is 38.1 Å². The summed E-state index contributed by atoms with van der Waals surface area (Å²) in [5.41, 5.74) is 9.70. The van der Waals surface area contributed by atoms with Gasteiger partial charge in [-0.15, -0.1) is 0 Å². The van der Waals surface area contributed by atoms with Crippen LogP contribution in [0.2, 0.25) is 0 Å². The van der Waals surface area contributed by atoms with E-state index in [2.05, 4.69) is 73.9 Å². The Kier molecular flexibility index (Phi) is 6.10. The van der Waals surface area contributed by atoms with E-state index in [1.165, 1.54) is 16.7 Å². The summed E-state index contributed by atoms with van der Waals surface area (Å²) in [5.74, 6) is 0.523. The fourth-order valence-corrected chi connectivity index (χ4v) is 2.44. The molecule has 2 aromatic carbocycles. The fourth-order valence-electron chi connectivity index (χ4n) is 2.28. The first-order chi connectivity index (χ1) is 11.4. The summed E-state index contributed by atoms with van der Waals surface area (Å²) in [6.45, 7) is 10.5. The second-order valence-electron chi connectivity index (χ2n) is 6.34. The Morgan fingerprint density at radius 2 is 1.67 bits per heavy atom. The molecule has 2 rings (SSSR count). The highest BCUT2D eigenvalue weighted by atomic mass is 32.1. The van der Waals surface area contributed by atoms with Crippen LogP contribution in [0.25, 0.3) is 0 Å². The smallest absolute Gasteiger partial charge is 0.191 e. The van der Waals surface area contributed by atoms with Crippen LogP contribution < -0.4 is 10.7 Å². The number of rotatable bonds is 4. The summed E-state index contributed by atoms with van der Waals surface area (Å²) in [6.07, 6.45) is 0. The van der Waals surface area contributed by atoms with Crippen molar-refractivity contribution in [2.75, 3.05) is 5.32 Å². The minimum absolute atomic E-state index is 0.482. The van der Waals surface area contributed by atoms with Crippen molar-refractivity contribution in [1.82, 2.24) is 5.43 Å². The molecular formula is C20H25N3S. The topological polar surface area (TPSA) is 36.4 Å². The molecule has 0 aliphatic carbocycles. The zero-order valence-corrected chi connectivity index (χ0v) is 15.8. The standard InChI is InChI=1S/C20H25N3S/c1-13(2)17-8-10-19(11-9-17)21-20(24)23-22-16(5)18-7-6-14(3)15(4)12-18/h6-13H,1-5H3,(H2,21,23,24)/b22-16-. The lowest BCUT2D eigenvalue weighted by Gasteiger charge is -2.10. The Morgan fingerprint density at radius 1 is 1.00 bits per heavy atom. The van der Waals surface area contributed by atoms with Crippen molar-refractivity contribution in [3.8, 4) is 0 Å². The molecule has 0 aliphatic heterocycles. The Labute approximate surface area is 150 Å². The van der Waals surface area contributed by atoms with Crippen LogP contribution in [0.5, 0.6) is 0 Å². The predicted octanol–water partition coefficient (Wildman–Crippen LogP) is 5.14. The Morgan fingerprint density at radius 3 is 2.25 bits per heavy atom. The lowest BCUT2D eigenvalue weighted by Crippen LogP contribution is -2.25. The number of aryl methyl sites for hydroxylation is 2. The molecule has 4 heteroatoms. The van der Waals surface area contributed by atoms with Crippen LogP contribution in [0, 0.1) is 13.8 Å². The van der Waals surface area contributed by atoms with Gasteiger partial charge in [0.1, 0.15) is 0 Å². The molecule has 126 valence electrons. The molecule has 0 aliphatic rings. The second-order valence-corrected chi connectivity index (χ2v) is 6.75. The van der Waals surface area contributed by atoms with Gasteiger partial charge in [0, 0.05) is 5.69 Å². The summed E-state index contributed by atoms with van der Waals surface area (Å²) in [7, 11) is 0. The maximum atomic E-state index is 5.31. The third-order valence-corrected chi connectivity index (χ3v) is 4.28. The highest BCUT2D eigenvalue weighted by Gasteiger charge is 2.02. The summed E-state index contributed by atoms with van der Waals surface area (Å²) in [5, 5.41) is 8.00. The van der Waals surface area contributed by atoms with Gasteiger partial charge in [-0.25, -0.2) is 0 Å². The van der Waals surface area contributed by atoms with Crippen molar-refractivity contribution in [3.05, 3.63) is 64.7 Å². The maximum absolute atomic E-state index is 5.31. The van der Waals surface area contributed by atoms with Crippen LogP contribution in [0.1, 0.15) is 48.9 Å². The first kappa shape index (κ1) is 18.1. The Bertz CT molecular complexity index is 746. The summed E-state index contributed by atoms with van der Waals surface area (Å²) >= 11 is 5.31. The number of anilines is 1. The minimum atomic E-state index is 0.482. The summed E-state index contributed by atoms with van der Waals surface area (Å²) in [4.78, 5) is 0. The van der Waals surface area contributed by atoms with Crippen LogP contribution in [0.4, 0.5) is 5.69 Å². The van der Waals surface area contributed by atoms with Gasteiger partial charge < -0.3 is 5.32 Å². The molecule has 0 fully saturated rings. The molecule has 0 heterocycles. The van der Waals surface area contributed by atoms with Gasteiger partial charge in [-0.05, 0) is 79.4 Å². The van der Waals surface area contributed by atoms with Crippen LogP contribution in [0.15, 0.2) is 47.6 Å². The number of hydrogen-bond donors (Lipinski definition) is 2. The number of nitrogens with zero attached hydrogens (tertiary/aromatic N) is 1. The van der Waals surface area contributed by atoms with Gasteiger partial charge >= 0.3 is 0 Å². The molecule has 0 bridgehead atoms. The van der Waals surface area contributed by atoms with Crippen molar-refractivity contribution in [2.45, 2.75) is 40.5 Å². The summed E-state index contributed by atoms with van der Waals surface area (Å²) < 4.78 is 0. The van der Waals surface area contributed by atoms with E-state index in [9.17, 15) is 0 Å². The van der Waals surface area contributed by atoms with Gasteiger partial charge in [0.2, 0.25) is 0 Å². The molecule has 2 aromatic rings. The van der Waals surface area contributed by atoms with E-state index in [1.807, 2.05) is 19.1 Å².